The Bertz CT molecular complexity index is 536. The molecular weight excluding hydrogens is 232 g/mol. The van der Waals surface area contributed by atoms with Gasteiger partial charge in [-0.25, -0.2) is 0 Å². The van der Waals surface area contributed by atoms with Crippen LogP contribution in [0.4, 0.5) is 11.4 Å². The highest BCUT2D eigenvalue weighted by Crippen LogP contribution is 2.26. The van der Waals surface area contributed by atoms with Crippen LogP contribution in [0.5, 0.6) is 0 Å². The van der Waals surface area contributed by atoms with E-state index in [2.05, 4.69) is 71.7 Å². The molecule has 1 aliphatic rings. The van der Waals surface area contributed by atoms with Gasteiger partial charge in [0.2, 0.25) is 0 Å². The van der Waals surface area contributed by atoms with E-state index in [1.165, 1.54) is 16.9 Å². The Labute approximate surface area is 115 Å². The molecule has 0 aliphatic carbocycles. The van der Waals surface area contributed by atoms with Gasteiger partial charge in [-0.05, 0) is 37.1 Å². The summed E-state index contributed by atoms with van der Waals surface area (Å²) in [6.45, 7) is 4.28. The van der Waals surface area contributed by atoms with E-state index in [-0.39, 0.29) is 0 Å². The first-order valence-corrected chi connectivity index (χ1v) is 7.02. The average molecular weight is 252 g/mol. The third-order valence-electron chi connectivity index (χ3n) is 3.87. The van der Waals surface area contributed by atoms with Crippen molar-refractivity contribution in [2.45, 2.75) is 19.4 Å². The maximum absolute atomic E-state index is 3.56. The van der Waals surface area contributed by atoms with Gasteiger partial charge in [-0.1, -0.05) is 36.4 Å². The number of hydrogen-bond acceptors (Lipinski definition) is 2. The summed E-state index contributed by atoms with van der Waals surface area (Å²) in [4.78, 5) is 2.49. The molecule has 0 fully saturated rings. The van der Waals surface area contributed by atoms with Crippen LogP contribution in [0.1, 0.15) is 12.5 Å². The molecule has 0 saturated carbocycles. The molecule has 3 rings (SSSR count). The van der Waals surface area contributed by atoms with Gasteiger partial charge >= 0.3 is 0 Å². The first-order valence-electron chi connectivity index (χ1n) is 7.02. The normalized spacial score (nSPS) is 17.4. The Hall–Kier alpha value is -1.96. The van der Waals surface area contributed by atoms with Crippen molar-refractivity contribution >= 4 is 11.4 Å². The van der Waals surface area contributed by atoms with Crippen LogP contribution in [0.15, 0.2) is 54.6 Å². The Morgan fingerprint density at radius 3 is 2.58 bits per heavy atom. The molecule has 19 heavy (non-hydrogen) atoms. The third kappa shape index (κ3) is 2.43. The maximum Gasteiger partial charge on any atom is 0.0503 e. The lowest BCUT2D eigenvalue weighted by molar-refractivity contribution is 0.606. The van der Waals surface area contributed by atoms with E-state index < -0.39 is 0 Å². The topological polar surface area (TPSA) is 15.3 Å². The molecular formula is C17H20N2. The maximum atomic E-state index is 3.56. The predicted octanol–water partition coefficient (Wildman–Crippen LogP) is 3.55. The summed E-state index contributed by atoms with van der Waals surface area (Å²) in [6.07, 6.45) is 1.12. The molecule has 0 saturated heterocycles. The highest BCUT2D eigenvalue weighted by molar-refractivity contribution is 5.56. The summed E-state index contributed by atoms with van der Waals surface area (Å²) in [5, 5.41) is 3.56. The predicted molar refractivity (Wildman–Crippen MR) is 81.9 cm³/mol. The van der Waals surface area contributed by atoms with Gasteiger partial charge in [-0.15, -0.1) is 0 Å². The zero-order valence-corrected chi connectivity index (χ0v) is 11.3. The summed E-state index contributed by atoms with van der Waals surface area (Å²) in [5.41, 5.74) is 4.03. The van der Waals surface area contributed by atoms with E-state index in [1.807, 2.05) is 0 Å². The van der Waals surface area contributed by atoms with Crippen molar-refractivity contribution in [3.63, 3.8) is 0 Å². The van der Waals surface area contributed by atoms with Crippen molar-refractivity contribution in [3.05, 3.63) is 60.2 Å². The van der Waals surface area contributed by atoms with Gasteiger partial charge in [0, 0.05) is 24.5 Å². The number of hydrogen-bond donors (Lipinski definition) is 1. The van der Waals surface area contributed by atoms with Crippen LogP contribution in [0.3, 0.4) is 0 Å². The van der Waals surface area contributed by atoms with Crippen molar-refractivity contribution in [2.24, 2.45) is 0 Å². The Balaban J connectivity index is 1.83. The molecule has 98 valence electrons. The first-order chi connectivity index (χ1) is 9.38. The zero-order valence-electron chi connectivity index (χ0n) is 11.3. The number of para-hydroxylation sites is 2. The van der Waals surface area contributed by atoms with Crippen molar-refractivity contribution < 1.29 is 0 Å². The standard InChI is InChI=1S/C17H20N2/c1-2-19(15-9-4-3-5-10-15)16-12-14-8-6-7-11-17(14)18-13-16/h3-11,16,18H,2,12-13H2,1H3. The van der Waals surface area contributed by atoms with E-state index >= 15 is 0 Å². The molecule has 2 heteroatoms. The highest BCUT2D eigenvalue weighted by atomic mass is 15.2. The number of benzene rings is 2. The third-order valence-corrected chi connectivity index (χ3v) is 3.87. The quantitative estimate of drug-likeness (QED) is 0.898. The second kappa shape index (κ2) is 5.35. The minimum Gasteiger partial charge on any atom is -0.383 e. The van der Waals surface area contributed by atoms with Crippen LogP contribution in [0, 0.1) is 0 Å². The number of nitrogens with zero attached hydrogens (tertiary/aromatic N) is 1. The first kappa shape index (κ1) is 12.1. The van der Waals surface area contributed by atoms with Gasteiger partial charge in [0.25, 0.3) is 0 Å². The average Bonchev–Trinajstić information content (AvgIpc) is 2.49. The van der Waals surface area contributed by atoms with Crippen molar-refractivity contribution in [1.82, 2.24) is 0 Å². The van der Waals surface area contributed by atoms with E-state index in [0.717, 1.165) is 19.5 Å². The fourth-order valence-electron chi connectivity index (χ4n) is 2.92. The van der Waals surface area contributed by atoms with E-state index in [0.29, 0.717) is 6.04 Å². The number of anilines is 2. The fraction of sp³-hybridized carbons (Fsp3) is 0.294. The van der Waals surface area contributed by atoms with Crippen LogP contribution in [0.25, 0.3) is 0 Å². The Morgan fingerprint density at radius 2 is 1.79 bits per heavy atom. The fourth-order valence-corrected chi connectivity index (χ4v) is 2.92. The van der Waals surface area contributed by atoms with Crippen LogP contribution in [0.2, 0.25) is 0 Å². The van der Waals surface area contributed by atoms with Crippen LogP contribution < -0.4 is 10.2 Å². The molecule has 0 amide bonds. The minimum absolute atomic E-state index is 0.530. The van der Waals surface area contributed by atoms with Gasteiger partial charge in [0.05, 0.1) is 6.04 Å². The molecule has 2 nitrogen and oxygen atoms in total. The molecule has 0 bridgehead atoms. The number of nitrogens with one attached hydrogen (secondary N) is 1. The summed E-state index contributed by atoms with van der Waals surface area (Å²) in [6, 6.07) is 19.9. The lowest BCUT2D eigenvalue weighted by Gasteiger charge is -2.36. The van der Waals surface area contributed by atoms with Crippen molar-refractivity contribution in [3.8, 4) is 0 Å². The van der Waals surface area contributed by atoms with Crippen molar-refractivity contribution in [2.75, 3.05) is 23.3 Å². The highest BCUT2D eigenvalue weighted by Gasteiger charge is 2.22. The molecule has 2 aromatic carbocycles. The second-order valence-electron chi connectivity index (χ2n) is 5.02. The molecule has 1 aliphatic heterocycles. The smallest absolute Gasteiger partial charge is 0.0503 e. The number of likely N-dealkylation sites (N-methyl/N-ethyl adjacent to an activating group) is 1. The number of rotatable bonds is 3. The van der Waals surface area contributed by atoms with E-state index in [9.17, 15) is 0 Å². The van der Waals surface area contributed by atoms with Gasteiger partial charge in [-0.3, -0.25) is 0 Å². The molecule has 1 atom stereocenters. The van der Waals surface area contributed by atoms with E-state index in [4.69, 9.17) is 0 Å². The molecule has 1 unspecified atom stereocenters. The molecule has 2 aromatic rings. The SMILES string of the molecule is CCN(c1ccccc1)C1CNc2ccccc2C1. The Morgan fingerprint density at radius 1 is 1.05 bits per heavy atom. The second-order valence-corrected chi connectivity index (χ2v) is 5.02. The zero-order chi connectivity index (χ0) is 13.1. The van der Waals surface area contributed by atoms with Gasteiger partial charge in [-0.2, -0.15) is 0 Å². The summed E-state index contributed by atoms with van der Waals surface area (Å²) < 4.78 is 0. The van der Waals surface area contributed by atoms with Crippen LogP contribution >= 0.6 is 0 Å². The number of fused-ring (bicyclic) bond motifs is 1. The van der Waals surface area contributed by atoms with Crippen molar-refractivity contribution in [1.29, 1.82) is 0 Å². The van der Waals surface area contributed by atoms with Crippen LogP contribution in [-0.4, -0.2) is 19.1 Å². The summed E-state index contributed by atoms with van der Waals surface area (Å²) in [7, 11) is 0. The largest absolute Gasteiger partial charge is 0.383 e. The molecule has 0 spiro atoms. The lowest BCUT2D eigenvalue weighted by atomic mass is 9.98. The molecule has 0 radical (unpaired) electrons. The summed E-state index contributed by atoms with van der Waals surface area (Å²) >= 11 is 0. The molecule has 1 heterocycles. The monoisotopic (exact) mass is 252 g/mol. The Kier molecular flexibility index (Phi) is 3.41. The van der Waals surface area contributed by atoms with Gasteiger partial charge < -0.3 is 10.2 Å². The van der Waals surface area contributed by atoms with E-state index in [1.54, 1.807) is 0 Å². The minimum atomic E-state index is 0.530. The lowest BCUT2D eigenvalue weighted by Crippen LogP contribution is -2.44. The molecule has 1 N–H and O–H groups in total. The molecule has 0 aromatic heterocycles. The van der Waals surface area contributed by atoms with Gasteiger partial charge in [0.1, 0.15) is 0 Å². The van der Waals surface area contributed by atoms with Crippen LogP contribution in [-0.2, 0) is 6.42 Å². The summed E-state index contributed by atoms with van der Waals surface area (Å²) in [5.74, 6) is 0. The van der Waals surface area contributed by atoms with Gasteiger partial charge in [0.15, 0.2) is 0 Å².